The molecule has 0 atom stereocenters. The molecule has 1 amide bonds. The van der Waals surface area contributed by atoms with E-state index in [1.165, 1.54) is 13.2 Å². The standard InChI is InChI=1S/C19H18N2O3/c1-21-11-10-14-15(4-3-5-16(14)21)20-19(23)9-7-13-6-8-18(24-2)17(22)12-13/h3-12,22H,1-2H3,(H,20,23). The van der Waals surface area contributed by atoms with E-state index in [4.69, 9.17) is 4.74 Å². The molecular weight excluding hydrogens is 304 g/mol. The SMILES string of the molecule is COc1ccc(C=CC(=O)Nc2cccc3c2ccn3C)cc1O. The zero-order valence-electron chi connectivity index (χ0n) is 13.5. The van der Waals surface area contributed by atoms with Gasteiger partial charge in [0.25, 0.3) is 0 Å². The maximum Gasteiger partial charge on any atom is 0.248 e. The summed E-state index contributed by atoms with van der Waals surface area (Å²) >= 11 is 0. The van der Waals surface area contributed by atoms with Crippen molar-refractivity contribution in [1.82, 2.24) is 4.57 Å². The number of aromatic nitrogens is 1. The Morgan fingerprint density at radius 2 is 2.08 bits per heavy atom. The van der Waals surface area contributed by atoms with Crippen molar-refractivity contribution in [2.45, 2.75) is 0 Å². The molecule has 2 N–H and O–H groups in total. The lowest BCUT2D eigenvalue weighted by Crippen LogP contribution is -2.07. The van der Waals surface area contributed by atoms with Crippen LogP contribution in [-0.4, -0.2) is 22.7 Å². The summed E-state index contributed by atoms with van der Waals surface area (Å²) in [4.78, 5) is 12.2. The average molecular weight is 322 g/mol. The molecule has 1 heterocycles. The second-order valence-electron chi connectivity index (χ2n) is 5.42. The first-order chi connectivity index (χ1) is 11.6. The molecule has 0 aliphatic heterocycles. The largest absolute Gasteiger partial charge is 0.504 e. The fourth-order valence-electron chi connectivity index (χ4n) is 2.57. The molecule has 0 radical (unpaired) electrons. The van der Waals surface area contributed by atoms with Gasteiger partial charge < -0.3 is 19.7 Å². The Bertz CT molecular complexity index is 926. The van der Waals surface area contributed by atoms with Gasteiger partial charge in [0.05, 0.1) is 12.8 Å². The molecule has 122 valence electrons. The minimum atomic E-state index is -0.235. The lowest BCUT2D eigenvalue weighted by molar-refractivity contribution is -0.111. The van der Waals surface area contributed by atoms with E-state index in [0.717, 1.165) is 16.6 Å². The van der Waals surface area contributed by atoms with Crippen molar-refractivity contribution in [1.29, 1.82) is 0 Å². The van der Waals surface area contributed by atoms with Gasteiger partial charge in [0, 0.05) is 30.2 Å². The van der Waals surface area contributed by atoms with Gasteiger partial charge in [0.1, 0.15) is 0 Å². The van der Waals surface area contributed by atoms with Crippen LogP contribution in [-0.2, 0) is 11.8 Å². The van der Waals surface area contributed by atoms with Gasteiger partial charge in [0.15, 0.2) is 11.5 Å². The summed E-state index contributed by atoms with van der Waals surface area (Å²) in [5, 5.41) is 13.6. The number of carbonyl (C=O) groups excluding carboxylic acids is 1. The second kappa shape index (κ2) is 6.50. The molecule has 0 spiro atoms. The van der Waals surface area contributed by atoms with E-state index in [2.05, 4.69) is 5.32 Å². The second-order valence-corrected chi connectivity index (χ2v) is 5.42. The minimum absolute atomic E-state index is 0.0362. The number of aromatic hydroxyl groups is 1. The summed E-state index contributed by atoms with van der Waals surface area (Å²) in [5.41, 5.74) is 2.53. The topological polar surface area (TPSA) is 63.5 Å². The van der Waals surface area contributed by atoms with Crippen LogP contribution in [0.4, 0.5) is 5.69 Å². The van der Waals surface area contributed by atoms with Crippen LogP contribution in [0.2, 0.25) is 0 Å². The molecule has 0 saturated carbocycles. The summed E-state index contributed by atoms with van der Waals surface area (Å²) in [6.45, 7) is 0. The minimum Gasteiger partial charge on any atom is -0.504 e. The van der Waals surface area contributed by atoms with Crippen molar-refractivity contribution in [2.75, 3.05) is 12.4 Å². The number of fused-ring (bicyclic) bond motifs is 1. The Kier molecular flexibility index (Phi) is 4.24. The summed E-state index contributed by atoms with van der Waals surface area (Å²) < 4.78 is 6.99. The molecule has 0 unspecified atom stereocenters. The van der Waals surface area contributed by atoms with Crippen LogP contribution in [0.1, 0.15) is 5.56 Å². The number of amides is 1. The molecule has 1 aromatic heterocycles. The third kappa shape index (κ3) is 3.10. The van der Waals surface area contributed by atoms with E-state index >= 15 is 0 Å². The summed E-state index contributed by atoms with van der Waals surface area (Å²) in [6, 6.07) is 12.7. The maximum atomic E-state index is 12.2. The van der Waals surface area contributed by atoms with Crippen molar-refractivity contribution in [3.63, 3.8) is 0 Å². The average Bonchev–Trinajstić information content (AvgIpc) is 2.96. The lowest BCUT2D eigenvalue weighted by atomic mass is 10.2. The highest BCUT2D eigenvalue weighted by atomic mass is 16.5. The lowest BCUT2D eigenvalue weighted by Gasteiger charge is -2.05. The van der Waals surface area contributed by atoms with E-state index in [1.807, 2.05) is 42.1 Å². The first kappa shape index (κ1) is 15.7. The molecule has 0 saturated heterocycles. The number of anilines is 1. The van der Waals surface area contributed by atoms with E-state index in [0.29, 0.717) is 11.3 Å². The van der Waals surface area contributed by atoms with E-state index in [1.54, 1.807) is 24.3 Å². The highest BCUT2D eigenvalue weighted by Crippen LogP contribution is 2.27. The Balaban J connectivity index is 1.76. The molecule has 5 nitrogen and oxygen atoms in total. The number of aryl methyl sites for hydroxylation is 1. The van der Waals surface area contributed by atoms with Gasteiger partial charge in [-0.15, -0.1) is 0 Å². The molecule has 3 rings (SSSR count). The number of ether oxygens (including phenoxy) is 1. The fraction of sp³-hybridized carbons (Fsp3) is 0.105. The molecule has 3 aromatic rings. The predicted octanol–water partition coefficient (Wildman–Crippen LogP) is 3.54. The van der Waals surface area contributed by atoms with Gasteiger partial charge >= 0.3 is 0 Å². The van der Waals surface area contributed by atoms with Crippen LogP contribution in [0.5, 0.6) is 11.5 Å². The molecular formula is C19H18N2O3. The quantitative estimate of drug-likeness (QED) is 0.722. The van der Waals surface area contributed by atoms with Crippen LogP contribution in [0.25, 0.3) is 17.0 Å². The summed E-state index contributed by atoms with van der Waals surface area (Å²) in [6.07, 6.45) is 5.03. The maximum absolute atomic E-state index is 12.2. The van der Waals surface area contributed by atoms with Crippen molar-refractivity contribution in [2.24, 2.45) is 7.05 Å². The van der Waals surface area contributed by atoms with Gasteiger partial charge in [-0.25, -0.2) is 0 Å². The molecule has 0 fully saturated rings. The number of rotatable bonds is 4. The monoisotopic (exact) mass is 322 g/mol. The number of hydrogen-bond donors (Lipinski definition) is 2. The zero-order chi connectivity index (χ0) is 17.1. The molecule has 0 aliphatic carbocycles. The normalized spacial score (nSPS) is 11.1. The number of carbonyl (C=O) groups is 1. The molecule has 24 heavy (non-hydrogen) atoms. The van der Waals surface area contributed by atoms with Crippen LogP contribution in [0, 0.1) is 0 Å². The number of phenolic OH excluding ortho intramolecular Hbond substituents is 1. The Morgan fingerprint density at radius 3 is 2.83 bits per heavy atom. The van der Waals surface area contributed by atoms with Crippen molar-refractivity contribution < 1.29 is 14.6 Å². The number of nitrogens with one attached hydrogen (secondary N) is 1. The van der Waals surface area contributed by atoms with Crippen molar-refractivity contribution in [3.05, 3.63) is 60.3 Å². The molecule has 5 heteroatoms. The first-order valence-electron chi connectivity index (χ1n) is 7.48. The van der Waals surface area contributed by atoms with Gasteiger partial charge in [-0.1, -0.05) is 12.1 Å². The smallest absolute Gasteiger partial charge is 0.248 e. The predicted molar refractivity (Wildman–Crippen MR) is 95.2 cm³/mol. The number of nitrogens with zero attached hydrogens (tertiary/aromatic N) is 1. The van der Waals surface area contributed by atoms with Crippen LogP contribution < -0.4 is 10.1 Å². The van der Waals surface area contributed by atoms with Crippen LogP contribution >= 0.6 is 0 Å². The highest BCUT2D eigenvalue weighted by Gasteiger charge is 2.06. The van der Waals surface area contributed by atoms with Crippen molar-refractivity contribution in [3.8, 4) is 11.5 Å². The fourth-order valence-corrected chi connectivity index (χ4v) is 2.57. The Labute approximate surface area is 139 Å². The summed E-state index contributed by atoms with van der Waals surface area (Å²) in [7, 11) is 3.45. The third-order valence-electron chi connectivity index (χ3n) is 3.82. The van der Waals surface area contributed by atoms with Gasteiger partial charge in [-0.3, -0.25) is 4.79 Å². The summed E-state index contributed by atoms with van der Waals surface area (Å²) in [5.74, 6) is 0.197. The van der Waals surface area contributed by atoms with E-state index in [-0.39, 0.29) is 11.7 Å². The highest BCUT2D eigenvalue weighted by molar-refractivity contribution is 6.07. The number of methoxy groups -OCH3 is 1. The molecule has 0 aliphatic rings. The zero-order valence-corrected chi connectivity index (χ0v) is 13.5. The van der Waals surface area contributed by atoms with Gasteiger partial charge in [-0.05, 0) is 42.0 Å². The number of benzene rings is 2. The van der Waals surface area contributed by atoms with Gasteiger partial charge in [0.2, 0.25) is 5.91 Å². The van der Waals surface area contributed by atoms with E-state index in [9.17, 15) is 9.90 Å². The third-order valence-corrected chi connectivity index (χ3v) is 3.82. The van der Waals surface area contributed by atoms with E-state index < -0.39 is 0 Å². The van der Waals surface area contributed by atoms with Crippen LogP contribution in [0.3, 0.4) is 0 Å². The number of phenols is 1. The van der Waals surface area contributed by atoms with Crippen LogP contribution in [0.15, 0.2) is 54.7 Å². The van der Waals surface area contributed by atoms with Gasteiger partial charge in [-0.2, -0.15) is 0 Å². The van der Waals surface area contributed by atoms with Crippen molar-refractivity contribution >= 4 is 28.6 Å². The molecule has 0 bridgehead atoms. The first-order valence-corrected chi connectivity index (χ1v) is 7.48. The molecule has 2 aromatic carbocycles. The Hall–Kier alpha value is -3.21. The number of hydrogen-bond acceptors (Lipinski definition) is 3. The Morgan fingerprint density at radius 1 is 1.25 bits per heavy atom.